The molecule has 2 rings (SSSR count). The summed E-state index contributed by atoms with van der Waals surface area (Å²) in [5.74, 6) is -4.24. The van der Waals surface area contributed by atoms with E-state index in [1.807, 2.05) is 0 Å². The molecule has 1 heterocycles. The van der Waals surface area contributed by atoms with E-state index in [-0.39, 0.29) is 31.8 Å². The average Bonchev–Trinajstić information content (AvgIpc) is 2.16. The van der Waals surface area contributed by atoms with E-state index in [2.05, 4.69) is 0 Å². The Hall–Kier alpha value is -0.710. The van der Waals surface area contributed by atoms with Crippen LogP contribution in [0.4, 0.5) is 8.78 Å². The van der Waals surface area contributed by atoms with E-state index in [4.69, 9.17) is 0 Å². The minimum atomic E-state index is -3.08. The molecular weight excluding hydrogens is 228 g/mol. The number of aliphatic carboxylic acids is 1. The molecule has 0 bridgehead atoms. The van der Waals surface area contributed by atoms with Gasteiger partial charge in [0.1, 0.15) is 5.41 Å². The summed E-state index contributed by atoms with van der Waals surface area (Å²) >= 11 is 0. The van der Waals surface area contributed by atoms with E-state index in [1.54, 1.807) is 11.9 Å². The molecule has 2 aliphatic rings. The van der Waals surface area contributed by atoms with E-state index in [0.717, 1.165) is 19.3 Å². The molecule has 1 unspecified atom stereocenters. The Balaban J connectivity index is 2.24. The maximum atomic E-state index is 14.1. The van der Waals surface area contributed by atoms with Crippen molar-refractivity contribution in [2.45, 2.75) is 38.0 Å². The van der Waals surface area contributed by atoms with Crippen LogP contribution in [0.2, 0.25) is 0 Å². The highest BCUT2D eigenvalue weighted by Gasteiger charge is 2.62. The van der Waals surface area contributed by atoms with Gasteiger partial charge >= 0.3 is 5.97 Å². The Kier molecular flexibility index (Phi) is 3.14. The van der Waals surface area contributed by atoms with E-state index in [1.165, 1.54) is 0 Å². The van der Waals surface area contributed by atoms with E-state index >= 15 is 0 Å². The third-order valence-corrected chi connectivity index (χ3v) is 4.32. The van der Waals surface area contributed by atoms with Crippen molar-refractivity contribution in [2.24, 2.45) is 11.3 Å². The monoisotopic (exact) mass is 247 g/mol. The lowest BCUT2D eigenvalue weighted by Crippen LogP contribution is -2.59. The van der Waals surface area contributed by atoms with Gasteiger partial charge in [-0.2, -0.15) is 0 Å². The van der Waals surface area contributed by atoms with Crippen LogP contribution in [0.15, 0.2) is 0 Å². The minimum Gasteiger partial charge on any atom is -0.481 e. The Labute approximate surface area is 99.8 Å². The quantitative estimate of drug-likeness (QED) is 0.831. The van der Waals surface area contributed by atoms with Crippen molar-refractivity contribution in [3.05, 3.63) is 0 Å². The molecule has 0 radical (unpaired) electrons. The highest BCUT2D eigenvalue weighted by molar-refractivity contribution is 5.76. The fraction of sp³-hybridized carbons (Fsp3) is 0.917. The number of hydrogen-bond donors (Lipinski definition) is 1. The van der Waals surface area contributed by atoms with Gasteiger partial charge in [-0.15, -0.1) is 0 Å². The normalized spacial score (nSPS) is 34.3. The van der Waals surface area contributed by atoms with Crippen molar-refractivity contribution in [3.8, 4) is 0 Å². The van der Waals surface area contributed by atoms with Gasteiger partial charge in [-0.3, -0.25) is 4.79 Å². The minimum absolute atomic E-state index is 0.0359. The first kappa shape index (κ1) is 12.7. The van der Waals surface area contributed by atoms with Crippen LogP contribution in [0.5, 0.6) is 0 Å². The molecular formula is C12H19F2NO2. The summed E-state index contributed by atoms with van der Waals surface area (Å²) in [7, 11) is 1.72. The fourth-order valence-corrected chi connectivity index (χ4v) is 2.94. The molecule has 3 nitrogen and oxygen atoms in total. The Bertz CT molecular complexity index is 318. The molecule has 0 amide bonds. The van der Waals surface area contributed by atoms with Crippen molar-refractivity contribution in [1.82, 2.24) is 4.90 Å². The summed E-state index contributed by atoms with van der Waals surface area (Å²) in [5, 5.41) is 9.30. The highest BCUT2D eigenvalue weighted by atomic mass is 19.3. The number of carboxylic acid groups (broad SMARTS) is 1. The number of likely N-dealkylation sites (tertiary alicyclic amines) is 1. The number of carboxylic acids is 1. The standard InChI is InChI=1S/C12H19F2NO2/c1-15-6-5-12(13,14)11(8-15,10(16)17)7-9-3-2-4-9/h9H,2-8H2,1H3,(H,16,17). The molecule has 1 N–H and O–H groups in total. The molecule has 1 aliphatic heterocycles. The van der Waals surface area contributed by atoms with E-state index in [0.29, 0.717) is 0 Å². The Morgan fingerprint density at radius 3 is 2.59 bits per heavy atom. The zero-order chi connectivity index (χ0) is 12.7. The van der Waals surface area contributed by atoms with Crippen LogP contribution in [0.25, 0.3) is 0 Å². The molecule has 0 spiro atoms. The third-order valence-electron chi connectivity index (χ3n) is 4.32. The van der Waals surface area contributed by atoms with Gasteiger partial charge in [0, 0.05) is 19.5 Å². The molecule has 1 atom stereocenters. The van der Waals surface area contributed by atoms with Crippen LogP contribution in [-0.2, 0) is 4.79 Å². The molecule has 0 aromatic carbocycles. The Morgan fingerprint density at radius 1 is 1.47 bits per heavy atom. The second-order valence-electron chi connectivity index (χ2n) is 5.58. The number of hydrogen-bond acceptors (Lipinski definition) is 2. The maximum absolute atomic E-state index is 14.1. The molecule has 5 heteroatoms. The number of halogens is 2. The van der Waals surface area contributed by atoms with E-state index in [9.17, 15) is 18.7 Å². The smallest absolute Gasteiger partial charge is 0.317 e. The lowest BCUT2D eigenvalue weighted by molar-refractivity contribution is -0.202. The van der Waals surface area contributed by atoms with Gasteiger partial charge in [0.05, 0.1) is 0 Å². The third kappa shape index (κ3) is 2.05. The lowest BCUT2D eigenvalue weighted by atomic mass is 9.66. The predicted molar refractivity (Wildman–Crippen MR) is 59.1 cm³/mol. The van der Waals surface area contributed by atoms with Crippen LogP contribution >= 0.6 is 0 Å². The summed E-state index contributed by atoms with van der Waals surface area (Å²) in [5.41, 5.74) is -1.87. The molecule has 0 aromatic rings. The molecule has 2 fully saturated rings. The van der Waals surface area contributed by atoms with Crippen LogP contribution in [0.1, 0.15) is 32.1 Å². The largest absolute Gasteiger partial charge is 0.481 e. The zero-order valence-electron chi connectivity index (χ0n) is 10.1. The van der Waals surface area contributed by atoms with Gasteiger partial charge in [-0.05, 0) is 19.4 Å². The molecule has 1 aliphatic carbocycles. The number of piperidine rings is 1. The average molecular weight is 247 g/mol. The van der Waals surface area contributed by atoms with Crippen molar-refractivity contribution in [1.29, 1.82) is 0 Å². The predicted octanol–water partition coefficient (Wildman–Crippen LogP) is 2.22. The zero-order valence-corrected chi connectivity index (χ0v) is 10.1. The lowest BCUT2D eigenvalue weighted by Gasteiger charge is -2.46. The first-order chi connectivity index (χ1) is 7.87. The second kappa shape index (κ2) is 4.19. The molecule has 17 heavy (non-hydrogen) atoms. The van der Waals surface area contributed by atoms with Crippen molar-refractivity contribution >= 4 is 5.97 Å². The van der Waals surface area contributed by atoms with Gasteiger partial charge in [0.15, 0.2) is 0 Å². The molecule has 0 aromatic heterocycles. The number of nitrogens with zero attached hydrogens (tertiary/aromatic N) is 1. The second-order valence-corrected chi connectivity index (χ2v) is 5.58. The van der Waals surface area contributed by atoms with Gasteiger partial charge in [-0.1, -0.05) is 19.3 Å². The van der Waals surface area contributed by atoms with Gasteiger partial charge in [-0.25, -0.2) is 8.78 Å². The van der Waals surface area contributed by atoms with Crippen LogP contribution in [0.3, 0.4) is 0 Å². The fourth-order valence-electron chi connectivity index (χ4n) is 2.94. The van der Waals surface area contributed by atoms with Gasteiger partial charge in [0.25, 0.3) is 5.92 Å². The van der Waals surface area contributed by atoms with Crippen molar-refractivity contribution < 1.29 is 18.7 Å². The van der Waals surface area contributed by atoms with Crippen LogP contribution in [-0.4, -0.2) is 42.0 Å². The molecule has 98 valence electrons. The molecule has 1 saturated carbocycles. The summed E-state index contributed by atoms with van der Waals surface area (Å²) in [6, 6.07) is 0. The van der Waals surface area contributed by atoms with E-state index < -0.39 is 17.3 Å². The van der Waals surface area contributed by atoms with Gasteiger partial charge < -0.3 is 10.0 Å². The van der Waals surface area contributed by atoms with Crippen LogP contribution in [0, 0.1) is 11.3 Å². The first-order valence-electron chi connectivity index (χ1n) is 6.17. The topological polar surface area (TPSA) is 40.5 Å². The summed E-state index contributed by atoms with van der Waals surface area (Å²) < 4.78 is 28.1. The maximum Gasteiger partial charge on any atom is 0.317 e. The summed E-state index contributed by atoms with van der Waals surface area (Å²) in [6.07, 6.45) is 2.62. The summed E-state index contributed by atoms with van der Waals surface area (Å²) in [4.78, 5) is 13.1. The van der Waals surface area contributed by atoms with Crippen molar-refractivity contribution in [2.75, 3.05) is 20.1 Å². The molecule has 1 saturated heterocycles. The Morgan fingerprint density at radius 2 is 2.12 bits per heavy atom. The summed E-state index contributed by atoms with van der Waals surface area (Å²) in [6.45, 7) is 0.235. The first-order valence-corrected chi connectivity index (χ1v) is 6.17. The number of alkyl halides is 2. The number of rotatable bonds is 3. The highest BCUT2D eigenvalue weighted by Crippen LogP contribution is 2.50. The SMILES string of the molecule is CN1CCC(F)(F)C(CC2CCC2)(C(=O)O)C1. The van der Waals surface area contributed by atoms with Gasteiger partial charge in [0.2, 0.25) is 0 Å². The number of carbonyl (C=O) groups is 1. The van der Waals surface area contributed by atoms with Crippen LogP contribution < -0.4 is 0 Å². The van der Waals surface area contributed by atoms with Crippen molar-refractivity contribution in [3.63, 3.8) is 0 Å².